The smallest absolute Gasteiger partial charge is 0.340 e. The molecule has 0 aliphatic heterocycles. The highest BCUT2D eigenvalue weighted by molar-refractivity contribution is 5.91. The summed E-state index contributed by atoms with van der Waals surface area (Å²) in [5, 5.41) is 8.60. The predicted molar refractivity (Wildman–Crippen MR) is 45.2 cm³/mol. The largest absolute Gasteiger partial charge is 0.465 e. The molecule has 1 rings (SSSR count). The standard InChI is InChI=1S/C9H6F2N2O2/c1-15-9(14)5-2-3-6(8(10)11)13-7(5)4-12/h2-3,8H,1H3. The lowest BCUT2D eigenvalue weighted by Crippen LogP contribution is -2.07. The fourth-order valence-corrected chi connectivity index (χ4v) is 0.956. The summed E-state index contributed by atoms with van der Waals surface area (Å²) in [6, 6.07) is 3.64. The van der Waals surface area contributed by atoms with E-state index < -0.39 is 18.1 Å². The van der Waals surface area contributed by atoms with Crippen molar-refractivity contribution in [2.24, 2.45) is 0 Å². The minimum atomic E-state index is -2.77. The zero-order valence-corrected chi connectivity index (χ0v) is 7.70. The van der Waals surface area contributed by atoms with E-state index in [-0.39, 0.29) is 11.3 Å². The molecule has 0 saturated heterocycles. The van der Waals surface area contributed by atoms with Crippen molar-refractivity contribution in [3.63, 3.8) is 0 Å². The number of ether oxygens (including phenoxy) is 1. The molecule has 0 fully saturated rings. The Morgan fingerprint density at radius 1 is 1.60 bits per heavy atom. The number of nitriles is 1. The van der Waals surface area contributed by atoms with E-state index in [1.807, 2.05) is 0 Å². The summed E-state index contributed by atoms with van der Waals surface area (Å²) < 4.78 is 28.8. The number of hydrogen-bond donors (Lipinski definition) is 0. The van der Waals surface area contributed by atoms with Crippen LogP contribution in [0.5, 0.6) is 0 Å². The molecular formula is C9H6F2N2O2. The molecule has 0 spiro atoms. The number of methoxy groups -OCH3 is 1. The maximum absolute atomic E-state index is 12.2. The van der Waals surface area contributed by atoms with Crippen LogP contribution in [-0.2, 0) is 4.74 Å². The van der Waals surface area contributed by atoms with Crippen LogP contribution in [0, 0.1) is 11.3 Å². The van der Waals surface area contributed by atoms with Crippen molar-refractivity contribution in [3.8, 4) is 6.07 Å². The highest BCUT2D eigenvalue weighted by Gasteiger charge is 2.17. The number of nitrogens with zero attached hydrogens (tertiary/aromatic N) is 2. The zero-order valence-electron chi connectivity index (χ0n) is 7.70. The maximum Gasteiger partial charge on any atom is 0.340 e. The third-order valence-electron chi connectivity index (χ3n) is 1.65. The Morgan fingerprint density at radius 2 is 2.27 bits per heavy atom. The third-order valence-corrected chi connectivity index (χ3v) is 1.65. The number of rotatable bonds is 2. The Balaban J connectivity index is 3.22. The van der Waals surface area contributed by atoms with Gasteiger partial charge in [0.1, 0.15) is 11.8 Å². The topological polar surface area (TPSA) is 63.0 Å². The van der Waals surface area contributed by atoms with E-state index in [0.29, 0.717) is 0 Å². The van der Waals surface area contributed by atoms with Gasteiger partial charge in [-0.15, -0.1) is 0 Å². The highest BCUT2D eigenvalue weighted by atomic mass is 19.3. The van der Waals surface area contributed by atoms with Crippen LogP contribution in [0.2, 0.25) is 0 Å². The Labute approximate surface area is 84.1 Å². The summed E-state index contributed by atoms with van der Waals surface area (Å²) in [5.41, 5.74) is -1.02. The fourth-order valence-electron chi connectivity index (χ4n) is 0.956. The number of carbonyl (C=O) groups excluding carboxylic acids is 1. The van der Waals surface area contributed by atoms with Crippen molar-refractivity contribution in [1.29, 1.82) is 5.26 Å². The van der Waals surface area contributed by atoms with Crippen molar-refractivity contribution in [1.82, 2.24) is 4.98 Å². The number of carbonyl (C=O) groups is 1. The monoisotopic (exact) mass is 212 g/mol. The van der Waals surface area contributed by atoms with Gasteiger partial charge >= 0.3 is 5.97 Å². The molecule has 0 N–H and O–H groups in total. The Bertz CT molecular complexity index is 427. The molecular weight excluding hydrogens is 206 g/mol. The number of halogens is 2. The van der Waals surface area contributed by atoms with Gasteiger partial charge in [-0.2, -0.15) is 5.26 Å². The summed E-state index contributed by atoms with van der Waals surface area (Å²) in [5.74, 6) is -0.778. The first-order valence-electron chi connectivity index (χ1n) is 3.87. The molecule has 78 valence electrons. The van der Waals surface area contributed by atoms with Gasteiger partial charge in [-0.3, -0.25) is 0 Å². The van der Waals surface area contributed by atoms with Crippen LogP contribution in [0.3, 0.4) is 0 Å². The average Bonchev–Trinajstić information content (AvgIpc) is 2.27. The van der Waals surface area contributed by atoms with E-state index in [1.54, 1.807) is 6.07 Å². The van der Waals surface area contributed by atoms with Gasteiger partial charge in [-0.25, -0.2) is 18.6 Å². The van der Waals surface area contributed by atoms with Gasteiger partial charge in [-0.1, -0.05) is 0 Å². The molecule has 1 aromatic heterocycles. The first kappa shape index (κ1) is 11.0. The number of alkyl halides is 2. The summed E-state index contributed by atoms with van der Waals surface area (Å²) in [6.45, 7) is 0. The second-order valence-corrected chi connectivity index (χ2v) is 2.54. The quantitative estimate of drug-likeness (QED) is 0.699. The van der Waals surface area contributed by atoms with E-state index in [2.05, 4.69) is 9.72 Å². The van der Waals surface area contributed by atoms with Crippen molar-refractivity contribution in [2.45, 2.75) is 6.43 Å². The van der Waals surface area contributed by atoms with E-state index in [0.717, 1.165) is 19.2 Å². The number of aromatic nitrogens is 1. The molecule has 1 heterocycles. The van der Waals surface area contributed by atoms with Crippen LogP contribution in [0.4, 0.5) is 8.78 Å². The maximum atomic E-state index is 12.2. The molecule has 0 aliphatic carbocycles. The molecule has 0 aromatic carbocycles. The number of esters is 1. The molecule has 1 aromatic rings. The second kappa shape index (κ2) is 4.46. The molecule has 0 radical (unpaired) electrons. The minimum Gasteiger partial charge on any atom is -0.465 e. The highest BCUT2D eigenvalue weighted by Crippen LogP contribution is 2.18. The van der Waals surface area contributed by atoms with E-state index in [1.165, 1.54) is 0 Å². The lowest BCUT2D eigenvalue weighted by Gasteiger charge is -2.03. The molecule has 0 atom stereocenters. The Kier molecular flexibility index (Phi) is 3.29. The van der Waals surface area contributed by atoms with Crippen LogP contribution in [0.15, 0.2) is 12.1 Å². The molecule has 15 heavy (non-hydrogen) atoms. The number of pyridine rings is 1. The van der Waals surface area contributed by atoms with Gasteiger partial charge in [0, 0.05) is 0 Å². The van der Waals surface area contributed by atoms with E-state index in [9.17, 15) is 13.6 Å². The van der Waals surface area contributed by atoms with Gasteiger partial charge in [0.2, 0.25) is 0 Å². The fraction of sp³-hybridized carbons (Fsp3) is 0.222. The molecule has 0 aliphatic rings. The lowest BCUT2D eigenvalue weighted by atomic mass is 10.2. The van der Waals surface area contributed by atoms with Gasteiger partial charge in [0.25, 0.3) is 6.43 Å². The van der Waals surface area contributed by atoms with Gasteiger partial charge < -0.3 is 4.74 Å². The molecule has 0 saturated carbocycles. The molecule has 4 nitrogen and oxygen atoms in total. The third kappa shape index (κ3) is 2.26. The van der Waals surface area contributed by atoms with Crippen LogP contribution in [0.25, 0.3) is 0 Å². The molecule has 0 bridgehead atoms. The van der Waals surface area contributed by atoms with Gasteiger partial charge in [0.05, 0.1) is 12.7 Å². The Hall–Kier alpha value is -2.03. The summed E-state index contributed by atoms with van der Waals surface area (Å²) in [6.07, 6.45) is -2.77. The van der Waals surface area contributed by atoms with Crippen molar-refractivity contribution >= 4 is 5.97 Å². The SMILES string of the molecule is COC(=O)c1ccc(C(F)F)nc1C#N. The molecule has 0 amide bonds. The zero-order chi connectivity index (χ0) is 11.4. The normalized spacial score (nSPS) is 9.80. The predicted octanol–water partition coefficient (Wildman–Crippen LogP) is 1.68. The summed E-state index contributed by atoms with van der Waals surface area (Å²) in [4.78, 5) is 14.4. The molecule has 6 heteroatoms. The van der Waals surface area contributed by atoms with Crippen LogP contribution in [-0.4, -0.2) is 18.1 Å². The van der Waals surface area contributed by atoms with Crippen molar-refractivity contribution < 1.29 is 18.3 Å². The van der Waals surface area contributed by atoms with Crippen LogP contribution >= 0.6 is 0 Å². The van der Waals surface area contributed by atoms with E-state index >= 15 is 0 Å². The molecule has 0 unspecified atom stereocenters. The van der Waals surface area contributed by atoms with Crippen LogP contribution < -0.4 is 0 Å². The van der Waals surface area contributed by atoms with Crippen molar-refractivity contribution in [2.75, 3.05) is 7.11 Å². The first-order valence-corrected chi connectivity index (χ1v) is 3.87. The van der Waals surface area contributed by atoms with Gasteiger partial charge in [-0.05, 0) is 12.1 Å². The second-order valence-electron chi connectivity index (χ2n) is 2.54. The van der Waals surface area contributed by atoms with Crippen molar-refractivity contribution in [3.05, 3.63) is 29.1 Å². The van der Waals surface area contributed by atoms with Gasteiger partial charge in [0.15, 0.2) is 5.69 Å². The lowest BCUT2D eigenvalue weighted by molar-refractivity contribution is 0.0599. The number of hydrogen-bond acceptors (Lipinski definition) is 4. The summed E-state index contributed by atoms with van der Waals surface area (Å²) >= 11 is 0. The minimum absolute atomic E-state index is 0.121. The van der Waals surface area contributed by atoms with Crippen LogP contribution in [0.1, 0.15) is 28.2 Å². The average molecular weight is 212 g/mol. The Morgan fingerprint density at radius 3 is 2.73 bits per heavy atom. The van der Waals surface area contributed by atoms with E-state index in [4.69, 9.17) is 5.26 Å². The first-order chi connectivity index (χ1) is 7.10. The summed E-state index contributed by atoms with van der Waals surface area (Å²) in [7, 11) is 1.13.